The lowest BCUT2D eigenvalue weighted by Gasteiger charge is -2.17. The summed E-state index contributed by atoms with van der Waals surface area (Å²) in [7, 11) is 0. The molecule has 1 saturated carbocycles. The molecule has 0 nitrogen and oxygen atoms in total. The molecule has 0 spiro atoms. The van der Waals surface area contributed by atoms with Crippen LogP contribution in [-0.4, -0.2) is 5.25 Å². The Balaban J connectivity index is 2.17. The van der Waals surface area contributed by atoms with Gasteiger partial charge in [-0.25, -0.2) is 0 Å². The van der Waals surface area contributed by atoms with Crippen molar-refractivity contribution in [3.05, 3.63) is 0 Å². The lowest BCUT2D eigenvalue weighted by molar-refractivity contribution is 0.517. The molecule has 1 heteroatoms. The third-order valence-electron chi connectivity index (χ3n) is 1.88. The molecule has 1 aliphatic carbocycles. The monoisotopic (exact) mass is 154 g/mol. The van der Waals surface area contributed by atoms with Crippen molar-refractivity contribution >= 4 is 11.8 Å². The van der Waals surface area contributed by atoms with Crippen molar-refractivity contribution in [2.24, 2.45) is 0 Å². The van der Waals surface area contributed by atoms with Gasteiger partial charge in [0.15, 0.2) is 0 Å². The predicted molar refractivity (Wildman–Crippen MR) is 47.9 cm³/mol. The third kappa shape index (κ3) is 2.66. The molecular formula is C9H14S. The second kappa shape index (κ2) is 4.68. The maximum absolute atomic E-state index is 3.08. The van der Waals surface area contributed by atoms with E-state index in [1.807, 2.05) is 18.7 Å². The first-order chi connectivity index (χ1) is 4.93. The Morgan fingerprint density at radius 2 is 1.90 bits per heavy atom. The van der Waals surface area contributed by atoms with Crippen LogP contribution in [0, 0.1) is 11.2 Å². The molecule has 0 heterocycles. The Bertz CT molecular complexity index is 135. The van der Waals surface area contributed by atoms with E-state index in [0.29, 0.717) is 0 Å². The number of rotatable bonds is 1. The normalized spacial score (nSPS) is 19.7. The quantitative estimate of drug-likeness (QED) is 0.523. The Hall–Kier alpha value is -0.0900. The van der Waals surface area contributed by atoms with Gasteiger partial charge in [0.1, 0.15) is 0 Å². The van der Waals surface area contributed by atoms with Crippen LogP contribution in [0.2, 0.25) is 0 Å². The first-order valence-corrected chi connectivity index (χ1v) is 4.89. The Morgan fingerprint density at radius 3 is 2.50 bits per heavy atom. The minimum atomic E-state index is 0.848. The molecule has 0 aromatic heterocycles. The molecular weight excluding hydrogens is 140 g/mol. The van der Waals surface area contributed by atoms with Gasteiger partial charge in [0, 0.05) is 5.25 Å². The van der Waals surface area contributed by atoms with Crippen molar-refractivity contribution in [3.63, 3.8) is 0 Å². The average Bonchev–Trinajstić information content (AvgIpc) is 2.03. The second-order valence-corrected chi connectivity index (χ2v) is 3.84. The molecule has 0 radical (unpaired) electrons. The van der Waals surface area contributed by atoms with E-state index in [9.17, 15) is 0 Å². The summed E-state index contributed by atoms with van der Waals surface area (Å²) in [5, 5.41) is 3.93. The van der Waals surface area contributed by atoms with E-state index in [-0.39, 0.29) is 0 Å². The maximum Gasteiger partial charge on any atom is 0.0171 e. The summed E-state index contributed by atoms with van der Waals surface area (Å²) in [4.78, 5) is 0. The molecule has 0 N–H and O–H groups in total. The highest BCUT2D eigenvalue weighted by atomic mass is 32.2. The van der Waals surface area contributed by atoms with Crippen molar-refractivity contribution in [1.82, 2.24) is 0 Å². The van der Waals surface area contributed by atoms with Gasteiger partial charge in [0.2, 0.25) is 0 Å². The molecule has 0 amide bonds. The van der Waals surface area contributed by atoms with Gasteiger partial charge in [-0.15, -0.1) is 0 Å². The molecule has 56 valence electrons. The van der Waals surface area contributed by atoms with Gasteiger partial charge in [-0.05, 0) is 25.0 Å². The molecule has 10 heavy (non-hydrogen) atoms. The Morgan fingerprint density at radius 1 is 1.20 bits per heavy atom. The van der Waals surface area contributed by atoms with E-state index < -0.39 is 0 Å². The van der Waals surface area contributed by atoms with Gasteiger partial charge in [0.25, 0.3) is 0 Å². The molecule has 0 saturated heterocycles. The van der Waals surface area contributed by atoms with Crippen LogP contribution in [0.1, 0.15) is 39.0 Å². The molecule has 0 bridgehead atoms. The molecule has 0 aliphatic heterocycles. The summed E-state index contributed by atoms with van der Waals surface area (Å²) in [6.45, 7) is 1.91. The molecule has 0 aromatic rings. The van der Waals surface area contributed by atoms with Crippen molar-refractivity contribution in [1.29, 1.82) is 0 Å². The van der Waals surface area contributed by atoms with E-state index in [4.69, 9.17) is 0 Å². The standard InChI is InChI=1S/C9H14S/c1-2-8-10-9-6-4-3-5-7-9/h9H,3-7H2,1H3. The highest BCUT2D eigenvalue weighted by Gasteiger charge is 2.11. The SMILES string of the molecule is CC#CSC1CCCCC1. The Kier molecular flexibility index (Phi) is 3.75. The molecule has 1 aliphatic rings. The van der Waals surface area contributed by atoms with Gasteiger partial charge in [-0.3, -0.25) is 0 Å². The molecule has 0 atom stereocenters. The van der Waals surface area contributed by atoms with Crippen LogP contribution in [-0.2, 0) is 0 Å². The maximum atomic E-state index is 3.08. The first kappa shape index (κ1) is 8.01. The molecule has 1 rings (SSSR count). The summed E-state index contributed by atoms with van der Waals surface area (Å²) >= 11 is 1.84. The average molecular weight is 154 g/mol. The lowest BCUT2D eigenvalue weighted by Crippen LogP contribution is -2.06. The molecule has 0 aromatic carbocycles. The van der Waals surface area contributed by atoms with Crippen LogP contribution in [0.5, 0.6) is 0 Å². The third-order valence-corrected chi connectivity index (χ3v) is 3.01. The first-order valence-electron chi connectivity index (χ1n) is 4.01. The smallest absolute Gasteiger partial charge is 0.0171 e. The number of thioether (sulfide) groups is 1. The zero-order valence-electron chi connectivity index (χ0n) is 6.52. The molecule has 0 unspecified atom stereocenters. The van der Waals surface area contributed by atoms with Gasteiger partial charge in [-0.2, -0.15) is 0 Å². The number of hydrogen-bond donors (Lipinski definition) is 0. The van der Waals surface area contributed by atoms with Gasteiger partial charge >= 0.3 is 0 Å². The zero-order valence-corrected chi connectivity index (χ0v) is 7.34. The fourth-order valence-electron chi connectivity index (χ4n) is 1.33. The van der Waals surface area contributed by atoms with E-state index in [0.717, 1.165) is 5.25 Å². The van der Waals surface area contributed by atoms with Crippen molar-refractivity contribution in [3.8, 4) is 11.2 Å². The Labute approximate surface area is 67.8 Å². The van der Waals surface area contributed by atoms with Crippen LogP contribution >= 0.6 is 11.8 Å². The van der Waals surface area contributed by atoms with Gasteiger partial charge < -0.3 is 0 Å². The summed E-state index contributed by atoms with van der Waals surface area (Å²) in [5.74, 6) is 2.93. The van der Waals surface area contributed by atoms with Crippen LogP contribution in [0.4, 0.5) is 0 Å². The summed E-state index contributed by atoms with van der Waals surface area (Å²) in [6, 6.07) is 0. The van der Waals surface area contributed by atoms with E-state index in [1.54, 1.807) is 0 Å². The minimum Gasteiger partial charge on any atom is -0.0947 e. The summed E-state index contributed by atoms with van der Waals surface area (Å²) in [6.07, 6.45) is 7.06. The zero-order chi connectivity index (χ0) is 7.23. The van der Waals surface area contributed by atoms with Crippen LogP contribution in [0.3, 0.4) is 0 Å². The second-order valence-electron chi connectivity index (χ2n) is 2.73. The lowest BCUT2D eigenvalue weighted by atomic mass is 10.0. The molecule has 1 fully saturated rings. The summed E-state index contributed by atoms with van der Waals surface area (Å²) in [5.41, 5.74) is 0. The van der Waals surface area contributed by atoms with Crippen molar-refractivity contribution in [2.75, 3.05) is 0 Å². The van der Waals surface area contributed by atoms with Crippen LogP contribution < -0.4 is 0 Å². The van der Waals surface area contributed by atoms with E-state index in [2.05, 4.69) is 11.2 Å². The summed E-state index contributed by atoms with van der Waals surface area (Å²) < 4.78 is 0. The topological polar surface area (TPSA) is 0 Å². The minimum absolute atomic E-state index is 0.848. The van der Waals surface area contributed by atoms with Crippen molar-refractivity contribution in [2.45, 2.75) is 44.3 Å². The van der Waals surface area contributed by atoms with Gasteiger partial charge in [-0.1, -0.05) is 36.9 Å². The van der Waals surface area contributed by atoms with Gasteiger partial charge in [0.05, 0.1) is 0 Å². The van der Waals surface area contributed by atoms with Crippen molar-refractivity contribution < 1.29 is 0 Å². The van der Waals surface area contributed by atoms with E-state index >= 15 is 0 Å². The predicted octanol–water partition coefficient (Wildman–Crippen LogP) is 3.03. The fraction of sp³-hybridized carbons (Fsp3) is 0.778. The van der Waals surface area contributed by atoms with E-state index in [1.165, 1.54) is 32.1 Å². The fourth-order valence-corrected chi connectivity index (χ4v) is 2.18. The van der Waals surface area contributed by atoms with Crippen LogP contribution in [0.25, 0.3) is 0 Å². The van der Waals surface area contributed by atoms with Crippen LogP contribution in [0.15, 0.2) is 0 Å². The largest absolute Gasteiger partial charge is 0.0947 e. The highest BCUT2D eigenvalue weighted by Crippen LogP contribution is 2.27. The number of hydrogen-bond acceptors (Lipinski definition) is 1. The highest BCUT2D eigenvalue weighted by molar-refractivity contribution is 8.04.